The molecule has 0 spiro atoms. The number of anilines is 1. The molecule has 0 heterocycles. The summed E-state index contributed by atoms with van der Waals surface area (Å²) in [5, 5.41) is 5.57. The second kappa shape index (κ2) is 10.3. The molecule has 3 rings (SSSR count). The first-order valence-corrected chi connectivity index (χ1v) is 9.78. The SMILES string of the molecule is CCOc1ccc(OCNC(=O)Nc2ccccc2Sc2ccccc2)cc1. The lowest BCUT2D eigenvalue weighted by molar-refractivity contribution is 0.234. The van der Waals surface area contributed by atoms with E-state index >= 15 is 0 Å². The Bertz CT molecular complexity index is 886. The third-order valence-electron chi connectivity index (χ3n) is 3.71. The molecular formula is C22H22N2O3S. The Balaban J connectivity index is 1.51. The van der Waals surface area contributed by atoms with Gasteiger partial charge in [-0.05, 0) is 55.5 Å². The number of ether oxygens (including phenoxy) is 2. The summed E-state index contributed by atoms with van der Waals surface area (Å²) in [6.07, 6.45) is 0. The highest BCUT2D eigenvalue weighted by atomic mass is 32.2. The first kappa shape index (κ1) is 19.6. The second-order valence-corrected chi connectivity index (χ2v) is 6.85. The van der Waals surface area contributed by atoms with Gasteiger partial charge in [0.05, 0.1) is 12.3 Å². The van der Waals surface area contributed by atoms with E-state index in [-0.39, 0.29) is 12.8 Å². The van der Waals surface area contributed by atoms with Gasteiger partial charge < -0.3 is 20.1 Å². The van der Waals surface area contributed by atoms with Crippen molar-refractivity contribution < 1.29 is 14.3 Å². The van der Waals surface area contributed by atoms with E-state index in [4.69, 9.17) is 9.47 Å². The van der Waals surface area contributed by atoms with Crippen molar-refractivity contribution in [3.8, 4) is 11.5 Å². The predicted octanol–water partition coefficient (Wildman–Crippen LogP) is 5.39. The van der Waals surface area contributed by atoms with Crippen LogP contribution in [0.2, 0.25) is 0 Å². The van der Waals surface area contributed by atoms with Crippen molar-refractivity contribution >= 4 is 23.5 Å². The van der Waals surface area contributed by atoms with Crippen LogP contribution in [0.3, 0.4) is 0 Å². The van der Waals surface area contributed by atoms with Gasteiger partial charge in [-0.15, -0.1) is 0 Å². The van der Waals surface area contributed by atoms with Crippen LogP contribution in [0.15, 0.2) is 88.7 Å². The van der Waals surface area contributed by atoms with Gasteiger partial charge in [-0.2, -0.15) is 0 Å². The molecule has 5 nitrogen and oxygen atoms in total. The maximum absolute atomic E-state index is 12.2. The number of hydrogen-bond donors (Lipinski definition) is 2. The van der Waals surface area contributed by atoms with E-state index in [1.165, 1.54) is 0 Å². The number of urea groups is 1. The lowest BCUT2D eigenvalue weighted by atomic mass is 10.3. The fourth-order valence-corrected chi connectivity index (χ4v) is 3.35. The highest BCUT2D eigenvalue weighted by Gasteiger charge is 2.07. The Hall–Kier alpha value is -3.12. The standard InChI is InChI=1S/C22H22N2O3S/c1-2-26-17-12-14-18(15-13-17)27-16-23-22(25)24-20-10-6-7-11-21(20)28-19-8-4-3-5-9-19/h3-15H,2,16H2,1H3,(H2,23,24,25). The van der Waals surface area contributed by atoms with E-state index in [0.29, 0.717) is 12.4 Å². The molecule has 28 heavy (non-hydrogen) atoms. The average Bonchev–Trinajstić information content (AvgIpc) is 2.72. The van der Waals surface area contributed by atoms with Crippen LogP contribution in [0, 0.1) is 0 Å². The molecular weight excluding hydrogens is 372 g/mol. The van der Waals surface area contributed by atoms with Crippen molar-refractivity contribution in [2.75, 3.05) is 18.7 Å². The van der Waals surface area contributed by atoms with Gasteiger partial charge in [-0.25, -0.2) is 4.79 Å². The van der Waals surface area contributed by atoms with Crippen LogP contribution >= 0.6 is 11.8 Å². The number of para-hydroxylation sites is 1. The monoisotopic (exact) mass is 394 g/mol. The van der Waals surface area contributed by atoms with Gasteiger partial charge in [0.15, 0.2) is 6.73 Å². The van der Waals surface area contributed by atoms with Gasteiger partial charge >= 0.3 is 6.03 Å². The van der Waals surface area contributed by atoms with E-state index in [1.54, 1.807) is 23.9 Å². The van der Waals surface area contributed by atoms with Crippen LogP contribution < -0.4 is 20.1 Å². The Morgan fingerprint density at radius 3 is 2.21 bits per heavy atom. The van der Waals surface area contributed by atoms with Crippen LogP contribution in [0.25, 0.3) is 0 Å². The largest absolute Gasteiger partial charge is 0.494 e. The fourth-order valence-electron chi connectivity index (χ4n) is 2.42. The van der Waals surface area contributed by atoms with Crippen LogP contribution in [0.4, 0.5) is 10.5 Å². The Labute approximate surface area is 169 Å². The minimum Gasteiger partial charge on any atom is -0.494 e. The normalized spacial score (nSPS) is 10.2. The molecule has 144 valence electrons. The average molecular weight is 394 g/mol. The van der Waals surface area contributed by atoms with E-state index in [9.17, 15) is 4.79 Å². The third-order valence-corrected chi connectivity index (χ3v) is 4.80. The number of carbonyl (C=O) groups is 1. The number of rotatable bonds is 8. The van der Waals surface area contributed by atoms with E-state index < -0.39 is 0 Å². The second-order valence-electron chi connectivity index (χ2n) is 5.74. The number of nitrogens with one attached hydrogen (secondary N) is 2. The lowest BCUT2D eigenvalue weighted by Crippen LogP contribution is -2.32. The number of amides is 2. The smallest absolute Gasteiger partial charge is 0.321 e. The first-order valence-electron chi connectivity index (χ1n) is 8.97. The number of carbonyl (C=O) groups excluding carboxylic acids is 1. The minimum absolute atomic E-state index is 0.0633. The molecule has 2 amide bonds. The lowest BCUT2D eigenvalue weighted by Gasteiger charge is -2.12. The maximum Gasteiger partial charge on any atom is 0.321 e. The van der Waals surface area contributed by atoms with Crippen molar-refractivity contribution in [2.24, 2.45) is 0 Å². The molecule has 2 N–H and O–H groups in total. The molecule has 0 saturated heterocycles. The molecule has 0 radical (unpaired) electrons. The van der Waals surface area contributed by atoms with Crippen molar-refractivity contribution in [3.63, 3.8) is 0 Å². The van der Waals surface area contributed by atoms with E-state index in [2.05, 4.69) is 10.6 Å². The molecule has 0 fully saturated rings. The highest BCUT2D eigenvalue weighted by molar-refractivity contribution is 7.99. The minimum atomic E-state index is -0.327. The maximum atomic E-state index is 12.2. The summed E-state index contributed by atoms with van der Waals surface area (Å²) in [4.78, 5) is 14.3. The quantitative estimate of drug-likeness (QED) is 0.503. The van der Waals surface area contributed by atoms with Crippen molar-refractivity contribution in [1.82, 2.24) is 5.32 Å². The van der Waals surface area contributed by atoms with Gasteiger partial charge in [-0.3, -0.25) is 0 Å². The van der Waals surface area contributed by atoms with Crippen molar-refractivity contribution in [2.45, 2.75) is 16.7 Å². The summed E-state index contributed by atoms with van der Waals surface area (Å²) in [6, 6.07) is 24.6. The molecule has 0 saturated carbocycles. The number of benzene rings is 3. The summed E-state index contributed by atoms with van der Waals surface area (Å²) in [5.74, 6) is 1.44. The molecule has 0 atom stereocenters. The molecule has 6 heteroatoms. The van der Waals surface area contributed by atoms with Crippen molar-refractivity contribution in [3.05, 3.63) is 78.9 Å². The Morgan fingerprint density at radius 1 is 0.857 bits per heavy atom. The molecule has 0 bridgehead atoms. The van der Waals surface area contributed by atoms with E-state index in [0.717, 1.165) is 21.2 Å². The first-order chi connectivity index (χ1) is 13.7. The zero-order valence-electron chi connectivity index (χ0n) is 15.6. The van der Waals surface area contributed by atoms with Gasteiger partial charge in [0, 0.05) is 9.79 Å². The van der Waals surface area contributed by atoms with E-state index in [1.807, 2.05) is 73.7 Å². The number of hydrogen-bond acceptors (Lipinski definition) is 4. The molecule has 3 aromatic carbocycles. The highest BCUT2D eigenvalue weighted by Crippen LogP contribution is 2.33. The molecule has 0 aliphatic heterocycles. The Kier molecular flexibility index (Phi) is 7.21. The van der Waals surface area contributed by atoms with Gasteiger partial charge in [0.1, 0.15) is 11.5 Å². The van der Waals surface area contributed by atoms with Crippen molar-refractivity contribution in [1.29, 1.82) is 0 Å². The summed E-state index contributed by atoms with van der Waals surface area (Å²) in [7, 11) is 0. The summed E-state index contributed by atoms with van der Waals surface area (Å²) in [5.41, 5.74) is 0.745. The molecule has 0 aliphatic rings. The zero-order chi connectivity index (χ0) is 19.6. The molecule has 0 unspecified atom stereocenters. The predicted molar refractivity (Wildman–Crippen MR) is 112 cm³/mol. The van der Waals surface area contributed by atoms with Gasteiger partial charge in [-0.1, -0.05) is 42.1 Å². The fraction of sp³-hybridized carbons (Fsp3) is 0.136. The zero-order valence-corrected chi connectivity index (χ0v) is 16.4. The topological polar surface area (TPSA) is 59.6 Å². The summed E-state index contributed by atoms with van der Waals surface area (Å²) in [6.45, 7) is 2.61. The van der Waals surface area contributed by atoms with Crippen LogP contribution in [-0.4, -0.2) is 19.4 Å². The summed E-state index contributed by atoms with van der Waals surface area (Å²) >= 11 is 1.60. The van der Waals surface area contributed by atoms with Crippen LogP contribution in [0.1, 0.15) is 6.92 Å². The molecule has 3 aromatic rings. The van der Waals surface area contributed by atoms with Gasteiger partial charge in [0.2, 0.25) is 0 Å². The summed E-state index contributed by atoms with van der Waals surface area (Å²) < 4.78 is 10.9. The van der Waals surface area contributed by atoms with Crippen LogP contribution in [-0.2, 0) is 0 Å². The molecule has 0 aromatic heterocycles. The molecule has 0 aliphatic carbocycles. The Morgan fingerprint density at radius 2 is 1.50 bits per heavy atom. The van der Waals surface area contributed by atoms with Gasteiger partial charge in [0.25, 0.3) is 0 Å². The van der Waals surface area contributed by atoms with Crippen LogP contribution in [0.5, 0.6) is 11.5 Å². The third kappa shape index (κ3) is 5.96.